The summed E-state index contributed by atoms with van der Waals surface area (Å²) in [5.74, 6) is 0.265. The summed E-state index contributed by atoms with van der Waals surface area (Å²) in [6.07, 6.45) is 3.16. The number of pyridine rings is 2. The standard InChI is InChI=1S/C19H16ClN3O2/c20-17-11-15(8-10-21-17)18(24)23-12-16-7-4-9-22-19(16)25-13-14-5-2-1-3-6-14/h1-11H,12-13H2,(H,23,24). The second-order valence-electron chi connectivity index (χ2n) is 5.29. The average Bonchev–Trinajstić information content (AvgIpc) is 2.66. The summed E-state index contributed by atoms with van der Waals surface area (Å²) in [4.78, 5) is 20.3. The lowest BCUT2D eigenvalue weighted by atomic mass is 10.2. The number of hydrogen-bond acceptors (Lipinski definition) is 4. The fraction of sp³-hybridized carbons (Fsp3) is 0.105. The summed E-state index contributed by atoms with van der Waals surface area (Å²) >= 11 is 5.81. The molecule has 1 aromatic carbocycles. The summed E-state index contributed by atoms with van der Waals surface area (Å²) in [6, 6.07) is 16.6. The molecule has 2 aromatic heterocycles. The number of nitrogens with one attached hydrogen (secondary N) is 1. The largest absolute Gasteiger partial charge is 0.473 e. The summed E-state index contributed by atoms with van der Waals surface area (Å²) < 4.78 is 5.79. The van der Waals surface area contributed by atoms with Crippen LogP contribution < -0.4 is 10.1 Å². The number of carbonyl (C=O) groups is 1. The van der Waals surface area contributed by atoms with E-state index in [1.807, 2.05) is 36.4 Å². The molecule has 6 heteroatoms. The van der Waals surface area contributed by atoms with E-state index in [0.29, 0.717) is 24.6 Å². The molecule has 1 N–H and O–H groups in total. The van der Waals surface area contributed by atoms with Crippen LogP contribution in [0.4, 0.5) is 0 Å². The number of carbonyl (C=O) groups excluding carboxylic acids is 1. The molecular formula is C19H16ClN3O2. The highest BCUT2D eigenvalue weighted by Gasteiger charge is 2.09. The molecule has 0 aliphatic rings. The Kier molecular flexibility index (Phi) is 5.59. The minimum atomic E-state index is -0.234. The van der Waals surface area contributed by atoms with Gasteiger partial charge in [0.25, 0.3) is 5.91 Å². The van der Waals surface area contributed by atoms with Crippen molar-refractivity contribution in [2.24, 2.45) is 0 Å². The summed E-state index contributed by atoms with van der Waals surface area (Å²) in [7, 11) is 0. The highest BCUT2D eigenvalue weighted by atomic mass is 35.5. The van der Waals surface area contributed by atoms with E-state index < -0.39 is 0 Å². The third kappa shape index (κ3) is 4.78. The minimum Gasteiger partial charge on any atom is -0.473 e. The lowest BCUT2D eigenvalue weighted by molar-refractivity contribution is 0.0950. The van der Waals surface area contributed by atoms with Crippen LogP contribution in [0, 0.1) is 0 Å². The fourth-order valence-electron chi connectivity index (χ4n) is 2.24. The number of ether oxygens (including phenoxy) is 1. The second-order valence-corrected chi connectivity index (χ2v) is 5.68. The maximum absolute atomic E-state index is 12.2. The molecule has 0 radical (unpaired) electrons. The van der Waals surface area contributed by atoms with Gasteiger partial charge in [0.2, 0.25) is 5.88 Å². The molecule has 126 valence electrons. The van der Waals surface area contributed by atoms with Gasteiger partial charge in [0.15, 0.2) is 0 Å². The van der Waals surface area contributed by atoms with E-state index in [9.17, 15) is 4.79 Å². The van der Waals surface area contributed by atoms with Gasteiger partial charge in [-0.2, -0.15) is 0 Å². The van der Waals surface area contributed by atoms with E-state index in [-0.39, 0.29) is 11.1 Å². The van der Waals surface area contributed by atoms with Crippen molar-refractivity contribution in [1.29, 1.82) is 0 Å². The van der Waals surface area contributed by atoms with Crippen LogP contribution in [0.5, 0.6) is 5.88 Å². The Morgan fingerprint density at radius 1 is 1.04 bits per heavy atom. The SMILES string of the molecule is O=C(NCc1cccnc1OCc1ccccc1)c1ccnc(Cl)c1. The molecule has 0 aliphatic carbocycles. The van der Waals surface area contributed by atoms with Gasteiger partial charge in [0.05, 0.1) is 0 Å². The molecule has 0 spiro atoms. The van der Waals surface area contributed by atoms with E-state index in [1.54, 1.807) is 18.3 Å². The molecule has 0 aliphatic heterocycles. The van der Waals surface area contributed by atoms with Gasteiger partial charge in [0, 0.05) is 30.1 Å². The maximum atomic E-state index is 12.2. The number of rotatable bonds is 6. The van der Waals surface area contributed by atoms with Crippen LogP contribution in [0.25, 0.3) is 0 Å². The molecule has 0 saturated heterocycles. The van der Waals surface area contributed by atoms with Crippen LogP contribution in [-0.2, 0) is 13.2 Å². The number of benzene rings is 1. The topological polar surface area (TPSA) is 64.1 Å². The molecular weight excluding hydrogens is 338 g/mol. The summed E-state index contributed by atoms with van der Waals surface area (Å²) in [6.45, 7) is 0.718. The van der Waals surface area contributed by atoms with Crippen LogP contribution in [0.1, 0.15) is 21.5 Å². The lowest BCUT2D eigenvalue weighted by Gasteiger charge is -2.11. The predicted molar refractivity (Wildman–Crippen MR) is 95.4 cm³/mol. The molecule has 2 heterocycles. The Hall–Kier alpha value is -2.92. The van der Waals surface area contributed by atoms with E-state index in [1.165, 1.54) is 12.3 Å². The van der Waals surface area contributed by atoms with Gasteiger partial charge in [-0.3, -0.25) is 4.79 Å². The van der Waals surface area contributed by atoms with E-state index in [4.69, 9.17) is 16.3 Å². The second kappa shape index (κ2) is 8.26. The van der Waals surface area contributed by atoms with Crippen molar-refractivity contribution in [2.45, 2.75) is 13.2 Å². The number of aromatic nitrogens is 2. The first-order chi connectivity index (χ1) is 12.2. The van der Waals surface area contributed by atoms with Gasteiger partial charge in [-0.15, -0.1) is 0 Å². The highest BCUT2D eigenvalue weighted by molar-refractivity contribution is 6.29. The quantitative estimate of drug-likeness (QED) is 0.687. The Morgan fingerprint density at radius 3 is 2.68 bits per heavy atom. The number of hydrogen-bond donors (Lipinski definition) is 1. The Balaban J connectivity index is 1.63. The van der Waals surface area contributed by atoms with Gasteiger partial charge in [0.1, 0.15) is 11.8 Å². The molecule has 0 saturated carbocycles. The van der Waals surface area contributed by atoms with Gasteiger partial charge < -0.3 is 10.1 Å². The van der Waals surface area contributed by atoms with Crippen molar-refractivity contribution in [1.82, 2.24) is 15.3 Å². The molecule has 3 aromatic rings. The van der Waals surface area contributed by atoms with Crippen LogP contribution >= 0.6 is 11.6 Å². The molecule has 25 heavy (non-hydrogen) atoms. The summed E-state index contributed by atoms with van der Waals surface area (Å²) in [5, 5.41) is 3.11. The maximum Gasteiger partial charge on any atom is 0.251 e. The van der Waals surface area contributed by atoms with Crippen molar-refractivity contribution >= 4 is 17.5 Å². The molecule has 0 bridgehead atoms. The normalized spacial score (nSPS) is 10.3. The van der Waals surface area contributed by atoms with E-state index in [0.717, 1.165) is 11.1 Å². The monoisotopic (exact) mass is 353 g/mol. The summed E-state index contributed by atoms with van der Waals surface area (Å²) in [5.41, 5.74) is 2.30. The van der Waals surface area contributed by atoms with Crippen LogP contribution in [0.2, 0.25) is 5.15 Å². The van der Waals surface area contributed by atoms with Crippen molar-refractivity contribution in [3.8, 4) is 5.88 Å². The average molecular weight is 354 g/mol. The van der Waals surface area contributed by atoms with Crippen LogP contribution in [0.15, 0.2) is 67.0 Å². The zero-order valence-electron chi connectivity index (χ0n) is 13.4. The third-order valence-corrected chi connectivity index (χ3v) is 3.70. The number of amides is 1. The molecule has 3 rings (SSSR count). The van der Waals surface area contributed by atoms with Crippen molar-refractivity contribution in [3.63, 3.8) is 0 Å². The fourth-order valence-corrected chi connectivity index (χ4v) is 2.41. The van der Waals surface area contributed by atoms with Gasteiger partial charge in [-0.25, -0.2) is 9.97 Å². The lowest BCUT2D eigenvalue weighted by Crippen LogP contribution is -2.23. The van der Waals surface area contributed by atoms with Gasteiger partial charge in [-0.05, 0) is 23.8 Å². The van der Waals surface area contributed by atoms with Crippen LogP contribution in [0.3, 0.4) is 0 Å². The molecule has 0 atom stereocenters. The number of halogens is 1. The first-order valence-corrected chi connectivity index (χ1v) is 8.10. The first-order valence-electron chi connectivity index (χ1n) is 7.73. The van der Waals surface area contributed by atoms with Crippen molar-refractivity contribution in [2.75, 3.05) is 0 Å². The first kappa shape index (κ1) is 16.9. The zero-order valence-corrected chi connectivity index (χ0v) is 14.1. The highest BCUT2D eigenvalue weighted by Crippen LogP contribution is 2.16. The van der Waals surface area contributed by atoms with Gasteiger partial charge >= 0.3 is 0 Å². The Bertz CT molecular complexity index is 856. The Labute approximate surface area is 150 Å². The number of nitrogens with zero attached hydrogens (tertiary/aromatic N) is 2. The molecule has 0 unspecified atom stereocenters. The van der Waals surface area contributed by atoms with E-state index in [2.05, 4.69) is 15.3 Å². The molecule has 0 fully saturated rings. The predicted octanol–water partition coefficient (Wildman–Crippen LogP) is 3.64. The molecule has 5 nitrogen and oxygen atoms in total. The van der Waals surface area contributed by atoms with Crippen LogP contribution in [-0.4, -0.2) is 15.9 Å². The zero-order chi connectivity index (χ0) is 17.5. The third-order valence-electron chi connectivity index (χ3n) is 3.50. The Morgan fingerprint density at radius 2 is 1.88 bits per heavy atom. The van der Waals surface area contributed by atoms with Crippen molar-refractivity contribution < 1.29 is 9.53 Å². The minimum absolute atomic E-state index is 0.234. The smallest absolute Gasteiger partial charge is 0.251 e. The van der Waals surface area contributed by atoms with E-state index >= 15 is 0 Å². The van der Waals surface area contributed by atoms with Crippen molar-refractivity contribution in [3.05, 3.63) is 88.8 Å². The molecule has 1 amide bonds. The van der Waals surface area contributed by atoms with Gasteiger partial charge in [-0.1, -0.05) is 48.0 Å².